The molecule has 166 valence electrons. The average molecular weight is 432 g/mol. The average Bonchev–Trinajstić information content (AvgIpc) is 3.09. The van der Waals surface area contributed by atoms with Gasteiger partial charge in [0.05, 0.1) is 5.56 Å². The predicted octanol–water partition coefficient (Wildman–Crippen LogP) is 3.70. The molecular formula is C23H27F3N4O. The molecule has 2 aromatic rings. The summed E-state index contributed by atoms with van der Waals surface area (Å²) in [5, 5.41) is 2.77. The van der Waals surface area contributed by atoms with Crippen molar-refractivity contribution in [2.45, 2.75) is 19.1 Å². The number of hydrogen-bond acceptors (Lipinski definition) is 4. The molecule has 1 N–H and O–H groups in total. The van der Waals surface area contributed by atoms with Crippen LogP contribution in [0.2, 0.25) is 0 Å². The highest BCUT2D eigenvalue weighted by Crippen LogP contribution is 2.32. The molecule has 0 unspecified atom stereocenters. The Morgan fingerprint density at radius 3 is 2.45 bits per heavy atom. The van der Waals surface area contributed by atoms with Crippen molar-refractivity contribution in [1.29, 1.82) is 0 Å². The summed E-state index contributed by atoms with van der Waals surface area (Å²) in [5.74, 6) is -0.536. The molecule has 2 heterocycles. The Kier molecular flexibility index (Phi) is 5.94. The van der Waals surface area contributed by atoms with Crippen molar-refractivity contribution < 1.29 is 18.0 Å². The van der Waals surface area contributed by atoms with Crippen LogP contribution in [0.5, 0.6) is 0 Å². The standard InChI is InChI=1S/C23H27F3N4O/c1-28-7-9-30(10-8-28)15-16-11-18(13-19(12-16)23(24,25)26)22(31)27-20-4-3-17-5-6-29(2)21(17)14-20/h3-4,11-14H,5-10,15H2,1-2H3,(H,27,31). The Labute approximate surface area is 180 Å². The first-order chi connectivity index (χ1) is 14.7. The van der Waals surface area contributed by atoms with Crippen LogP contribution in [0.15, 0.2) is 36.4 Å². The molecule has 4 rings (SSSR count). The molecule has 0 atom stereocenters. The first-order valence-electron chi connectivity index (χ1n) is 10.5. The lowest BCUT2D eigenvalue weighted by Crippen LogP contribution is -2.43. The molecule has 2 aliphatic heterocycles. The first kappa shape index (κ1) is 21.6. The molecule has 31 heavy (non-hydrogen) atoms. The van der Waals surface area contributed by atoms with Gasteiger partial charge in [-0.1, -0.05) is 6.07 Å². The van der Waals surface area contributed by atoms with E-state index in [1.54, 1.807) is 12.1 Å². The van der Waals surface area contributed by atoms with Gasteiger partial charge in [-0.3, -0.25) is 9.69 Å². The molecule has 0 spiro atoms. The van der Waals surface area contributed by atoms with E-state index in [-0.39, 0.29) is 5.56 Å². The van der Waals surface area contributed by atoms with E-state index in [0.717, 1.165) is 57.0 Å². The summed E-state index contributed by atoms with van der Waals surface area (Å²) in [6, 6.07) is 9.29. The van der Waals surface area contributed by atoms with Gasteiger partial charge in [0.1, 0.15) is 0 Å². The third-order valence-electron chi connectivity index (χ3n) is 6.06. The molecular weight excluding hydrogens is 405 g/mol. The number of benzene rings is 2. The Hall–Kier alpha value is -2.58. The van der Waals surface area contributed by atoms with Gasteiger partial charge in [-0.2, -0.15) is 13.2 Å². The van der Waals surface area contributed by atoms with E-state index in [1.165, 1.54) is 5.56 Å². The number of nitrogens with zero attached hydrogens (tertiary/aromatic N) is 3. The molecule has 1 fully saturated rings. The van der Waals surface area contributed by atoms with Crippen LogP contribution in [0, 0.1) is 0 Å². The zero-order valence-corrected chi connectivity index (χ0v) is 17.8. The molecule has 0 bridgehead atoms. The molecule has 0 aliphatic carbocycles. The van der Waals surface area contributed by atoms with E-state index >= 15 is 0 Å². The molecule has 0 radical (unpaired) electrons. The molecule has 2 aromatic carbocycles. The van der Waals surface area contributed by atoms with Gasteiger partial charge in [0.2, 0.25) is 0 Å². The number of fused-ring (bicyclic) bond motifs is 1. The maximum Gasteiger partial charge on any atom is 0.416 e. The zero-order valence-electron chi connectivity index (χ0n) is 17.8. The minimum absolute atomic E-state index is 0.0211. The molecule has 1 amide bonds. The fraction of sp³-hybridized carbons (Fsp3) is 0.435. The number of likely N-dealkylation sites (N-methyl/N-ethyl adjacent to an activating group) is 2. The molecule has 0 saturated carbocycles. The van der Waals surface area contributed by atoms with Crippen molar-refractivity contribution in [2.75, 3.05) is 57.0 Å². The first-order valence-corrected chi connectivity index (χ1v) is 10.5. The highest BCUT2D eigenvalue weighted by atomic mass is 19.4. The maximum atomic E-state index is 13.5. The van der Waals surface area contributed by atoms with Crippen LogP contribution in [0.3, 0.4) is 0 Å². The van der Waals surface area contributed by atoms with Crippen LogP contribution in [0.25, 0.3) is 0 Å². The molecule has 0 aromatic heterocycles. The summed E-state index contributed by atoms with van der Waals surface area (Å²) in [6.07, 6.45) is -3.56. The lowest BCUT2D eigenvalue weighted by molar-refractivity contribution is -0.137. The van der Waals surface area contributed by atoms with Crippen LogP contribution < -0.4 is 10.2 Å². The van der Waals surface area contributed by atoms with E-state index in [1.807, 2.05) is 26.2 Å². The third kappa shape index (κ3) is 5.02. The summed E-state index contributed by atoms with van der Waals surface area (Å²) < 4.78 is 40.5. The van der Waals surface area contributed by atoms with Gasteiger partial charge in [-0.15, -0.1) is 0 Å². The SMILES string of the molecule is CN1CCN(Cc2cc(C(=O)Nc3ccc4c(c3)N(C)CC4)cc(C(F)(F)F)c2)CC1. The van der Waals surface area contributed by atoms with Crippen molar-refractivity contribution in [3.05, 3.63) is 58.7 Å². The number of nitrogens with one attached hydrogen (secondary N) is 1. The van der Waals surface area contributed by atoms with Gasteiger partial charge in [-0.05, 0) is 54.9 Å². The van der Waals surface area contributed by atoms with E-state index in [4.69, 9.17) is 0 Å². The molecule has 8 heteroatoms. The van der Waals surface area contributed by atoms with Crippen LogP contribution in [0.1, 0.15) is 27.0 Å². The number of piperazine rings is 1. The second kappa shape index (κ2) is 8.51. The summed E-state index contributed by atoms with van der Waals surface area (Å²) in [4.78, 5) is 19.3. The van der Waals surface area contributed by atoms with Gasteiger partial charge in [0, 0.05) is 63.3 Å². The number of carbonyl (C=O) groups excluding carboxylic acids is 1. The van der Waals surface area contributed by atoms with Crippen molar-refractivity contribution in [1.82, 2.24) is 9.80 Å². The zero-order chi connectivity index (χ0) is 22.2. The number of hydrogen-bond donors (Lipinski definition) is 1. The number of rotatable bonds is 4. The van der Waals surface area contributed by atoms with E-state index in [9.17, 15) is 18.0 Å². The Balaban J connectivity index is 1.56. The number of anilines is 2. The highest BCUT2D eigenvalue weighted by Gasteiger charge is 2.32. The van der Waals surface area contributed by atoms with E-state index in [0.29, 0.717) is 17.8 Å². The van der Waals surface area contributed by atoms with E-state index in [2.05, 4.69) is 20.0 Å². The number of alkyl halides is 3. The van der Waals surface area contributed by atoms with Crippen molar-refractivity contribution >= 4 is 17.3 Å². The summed E-state index contributed by atoms with van der Waals surface area (Å²) in [6.45, 7) is 4.63. The summed E-state index contributed by atoms with van der Waals surface area (Å²) in [7, 11) is 4.01. The van der Waals surface area contributed by atoms with Crippen LogP contribution >= 0.6 is 0 Å². The Morgan fingerprint density at radius 1 is 1.00 bits per heavy atom. The summed E-state index contributed by atoms with van der Waals surface area (Å²) in [5.41, 5.74) is 2.55. The topological polar surface area (TPSA) is 38.8 Å². The predicted molar refractivity (Wildman–Crippen MR) is 116 cm³/mol. The van der Waals surface area contributed by atoms with Gasteiger partial charge in [-0.25, -0.2) is 0 Å². The van der Waals surface area contributed by atoms with Crippen LogP contribution in [0.4, 0.5) is 24.5 Å². The molecule has 5 nitrogen and oxygen atoms in total. The minimum atomic E-state index is -4.51. The van der Waals surface area contributed by atoms with Crippen LogP contribution in [-0.4, -0.2) is 62.5 Å². The molecule has 2 aliphatic rings. The van der Waals surface area contributed by atoms with E-state index < -0.39 is 17.6 Å². The third-order valence-corrected chi connectivity index (χ3v) is 6.06. The minimum Gasteiger partial charge on any atom is -0.374 e. The maximum absolute atomic E-state index is 13.5. The molecule has 1 saturated heterocycles. The van der Waals surface area contributed by atoms with Gasteiger partial charge < -0.3 is 15.1 Å². The Bertz CT molecular complexity index is 968. The van der Waals surface area contributed by atoms with Crippen LogP contribution in [-0.2, 0) is 19.1 Å². The van der Waals surface area contributed by atoms with Gasteiger partial charge >= 0.3 is 6.18 Å². The fourth-order valence-electron chi connectivity index (χ4n) is 4.16. The fourth-order valence-corrected chi connectivity index (χ4v) is 4.16. The van der Waals surface area contributed by atoms with Gasteiger partial charge in [0.15, 0.2) is 0 Å². The normalized spacial score (nSPS) is 17.6. The second-order valence-electron chi connectivity index (χ2n) is 8.46. The quantitative estimate of drug-likeness (QED) is 0.800. The number of carbonyl (C=O) groups is 1. The van der Waals surface area contributed by atoms with Crippen molar-refractivity contribution in [3.8, 4) is 0 Å². The summed E-state index contributed by atoms with van der Waals surface area (Å²) >= 11 is 0. The number of amides is 1. The van der Waals surface area contributed by atoms with Gasteiger partial charge in [0.25, 0.3) is 5.91 Å². The smallest absolute Gasteiger partial charge is 0.374 e. The monoisotopic (exact) mass is 432 g/mol. The lowest BCUT2D eigenvalue weighted by atomic mass is 10.0. The largest absolute Gasteiger partial charge is 0.416 e. The Morgan fingerprint density at radius 2 is 1.74 bits per heavy atom. The number of halogens is 3. The lowest BCUT2D eigenvalue weighted by Gasteiger charge is -2.32. The van der Waals surface area contributed by atoms with Crippen molar-refractivity contribution in [3.63, 3.8) is 0 Å². The highest BCUT2D eigenvalue weighted by molar-refractivity contribution is 6.04. The van der Waals surface area contributed by atoms with Crippen molar-refractivity contribution in [2.24, 2.45) is 0 Å². The second-order valence-corrected chi connectivity index (χ2v) is 8.46.